The lowest BCUT2D eigenvalue weighted by Crippen LogP contribution is -2.28. The first-order valence-corrected chi connectivity index (χ1v) is 7.75. The van der Waals surface area contributed by atoms with Gasteiger partial charge >= 0.3 is 0 Å². The third kappa shape index (κ3) is 2.68. The van der Waals surface area contributed by atoms with Gasteiger partial charge in [0.15, 0.2) is 0 Å². The van der Waals surface area contributed by atoms with Crippen molar-refractivity contribution < 1.29 is 14.3 Å². The predicted molar refractivity (Wildman–Crippen MR) is 89.1 cm³/mol. The van der Waals surface area contributed by atoms with Gasteiger partial charge in [-0.3, -0.25) is 4.79 Å². The van der Waals surface area contributed by atoms with Gasteiger partial charge in [0.05, 0.1) is 14.2 Å². The lowest BCUT2D eigenvalue weighted by atomic mass is 10.1. The molecule has 5 heteroatoms. The molecule has 0 aromatic heterocycles. The summed E-state index contributed by atoms with van der Waals surface area (Å²) in [6.45, 7) is 0.685. The minimum absolute atomic E-state index is 0.0433. The fourth-order valence-electron chi connectivity index (χ4n) is 2.67. The lowest BCUT2D eigenvalue weighted by molar-refractivity contribution is 0.0988. The van der Waals surface area contributed by atoms with Gasteiger partial charge in [0.1, 0.15) is 11.5 Å². The lowest BCUT2D eigenvalue weighted by Gasteiger charge is -2.18. The average molecular weight is 362 g/mol. The van der Waals surface area contributed by atoms with Crippen molar-refractivity contribution in [3.63, 3.8) is 0 Å². The number of ether oxygens (including phenoxy) is 2. The van der Waals surface area contributed by atoms with Crippen LogP contribution in [0.1, 0.15) is 15.9 Å². The maximum Gasteiger partial charge on any atom is 0.258 e. The number of methoxy groups -OCH3 is 2. The van der Waals surface area contributed by atoms with Gasteiger partial charge in [-0.2, -0.15) is 0 Å². The van der Waals surface area contributed by atoms with Crippen molar-refractivity contribution in [2.75, 3.05) is 25.7 Å². The van der Waals surface area contributed by atoms with Gasteiger partial charge in [-0.1, -0.05) is 15.9 Å². The molecule has 2 aromatic rings. The second-order valence-corrected chi connectivity index (χ2v) is 6.00. The maximum atomic E-state index is 12.8. The van der Waals surface area contributed by atoms with Crippen molar-refractivity contribution in [3.05, 3.63) is 52.0 Å². The zero-order valence-electron chi connectivity index (χ0n) is 12.4. The number of carbonyl (C=O) groups excluding carboxylic acids is 1. The zero-order valence-corrected chi connectivity index (χ0v) is 14.0. The highest BCUT2D eigenvalue weighted by Gasteiger charge is 2.26. The SMILES string of the molecule is COc1cc(OC)cc(C(=O)N2CCc3cc(Br)ccc32)c1. The van der Waals surface area contributed by atoms with E-state index in [4.69, 9.17) is 9.47 Å². The smallest absolute Gasteiger partial charge is 0.258 e. The van der Waals surface area contributed by atoms with Crippen molar-refractivity contribution in [3.8, 4) is 11.5 Å². The van der Waals surface area contributed by atoms with Crippen molar-refractivity contribution >= 4 is 27.5 Å². The molecule has 0 unspecified atom stereocenters. The molecule has 1 amide bonds. The number of fused-ring (bicyclic) bond motifs is 1. The van der Waals surface area contributed by atoms with E-state index in [0.29, 0.717) is 23.6 Å². The Bertz CT molecular complexity index is 708. The molecule has 0 fully saturated rings. The van der Waals surface area contributed by atoms with Crippen LogP contribution in [0, 0.1) is 0 Å². The summed E-state index contributed by atoms with van der Waals surface area (Å²) in [4.78, 5) is 14.6. The first-order chi connectivity index (χ1) is 10.6. The number of anilines is 1. The van der Waals surface area contributed by atoms with E-state index in [2.05, 4.69) is 22.0 Å². The summed E-state index contributed by atoms with van der Waals surface area (Å²) in [6, 6.07) is 11.2. The van der Waals surface area contributed by atoms with Crippen LogP contribution in [-0.4, -0.2) is 26.7 Å². The van der Waals surface area contributed by atoms with Gasteiger partial charge < -0.3 is 14.4 Å². The third-order valence-electron chi connectivity index (χ3n) is 3.78. The summed E-state index contributed by atoms with van der Waals surface area (Å²) in [5.74, 6) is 1.18. The van der Waals surface area contributed by atoms with Gasteiger partial charge in [-0.25, -0.2) is 0 Å². The van der Waals surface area contributed by atoms with E-state index in [1.165, 1.54) is 5.56 Å². The number of hydrogen-bond acceptors (Lipinski definition) is 3. The van der Waals surface area contributed by atoms with E-state index in [9.17, 15) is 4.79 Å². The Morgan fingerprint density at radius 3 is 2.41 bits per heavy atom. The monoisotopic (exact) mass is 361 g/mol. The zero-order chi connectivity index (χ0) is 15.7. The molecule has 1 aliphatic heterocycles. The Labute approximate surface area is 137 Å². The average Bonchev–Trinajstić information content (AvgIpc) is 2.96. The molecule has 22 heavy (non-hydrogen) atoms. The molecule has 0 radical (unpaired) electrons. The fraction of sp³-hybridized carbons (Fsp3) is 0.235. The number of carbonyl (C=O) groups is 1. The molecule has 0 atom stereocenters. The maximum absolute atomic E-state index is 12.8. The predicted octanol–water partition coefficient (Wildman–Crippen LogP) is 3.67. The summed E-state index contributed by atoms with van der Waals surface area (Å²) in [5, 5.41) is 0. The van der Waals surface area contributed by atoms with Crippen LogP contribution in [-0.2, 0) is 6.42 Å². The fourth-order valence-corrected chi connectivity index (χ4v) is 3.08. The highest BCUT2D eigenvalue weighted by atomic mass is 79.9. The largest absolute Gasteiger partial charge is 0.497 e. The highest BCUT2D eigenvalue weighted by Crippen LogP contribution is 2.32. The number of rotatable bonds is 3. The van der Waals surface area contributed by atoms with Gasteiger partial charge in [0.2, 0.25) is 0 Å². The first-order valence-electron chi connectivity index (χ1n) is 6.95. The second kappa shape index (κ2) is 6.01. The minimum Gasteiger partial charge on any atom is -0.497 e. The Hall–Kier alpha value is -2.01. The summed E-state index contributed by atoms with van der Waals surface area (Å²) in [6.07, 6.45) is 0.863. The summed E-state index contributed by atoms with van der Waals surface area (Å²) in [5.41, 5.74) is 2.71. The van der Waals surface area contributed by atoms with Crippen molar-refractivity contribution in [1.82, 2.24) is 0 Å². The van der Waals surface area contributed by atoms with Crippen LogP contribution in [0.25, 0.3) is 0 Å². The summed E-state index contributed by atoms with van der Waals surface area (Å²) >= 11 is 3.47. The van der Waals surface area contributed by atoms with E-state index >= 15 is 0 Å². The van der Waals surface area contributed by atoms with Crippen LogP contribution < -0.4 is 14.4 Å². The molecular weight excluding hydrogens is 346 g/mol. The molecule has 1 aliphatic rings. The quantitative estimate of drug-likeness (QED) is 0.836. The number of halogens is 1. The Kier molecular flexibility index (Phi) is 4.07. The highest BCUT2D eigenvalue weighted by molar-refractivity contribution is 9.10. The summed E-state index contributed by atoms with van der Waals surface area (Å²) < 4.78 is 11.5. The molecule has 2 aromatic carbocycles. The molecule has 3 rings (SSSR count). The Morgan fingerprint density at radius 2 is 1.77 bits per heavy atom. The molecule has 4 nitrogen and oxygen atoms in total. The van der Waals surface area contributed by atoms with E-state index in [1.54, 1.807) is 37.3 Å². The van der Waals surface area contributed by atoms with E-state index in [-0.39, 0.29) is 5.91 Å². The van der Waals surface area contributed by atoms with Crippen molar-refractivity contribution in [2.24, 2.45) is 0 Å². The van der Waals surface area contributed by atoms with Crippen molar-refractivity contribution in [1.29, 1.82) is 0 Å². The number of hydrogen-bond donors (Lipinski definition) is 0. The molecule has 114 valence electrons. The van der Waals surface area contributed by atoms with Crippen LogP contribution in [0.2, 0.25) is 0 Å². The molecule has 0 saturated heterocycles. The molecule has 0 N–H and O–H groups in total. The van der Waals surface area contributed by atoms with Crippen molar-refractivity contribution in [2.45, 2.75) is 6.42 Å². The number of benzene rings is 2. The molecule has 0 aliphatic carbocycles. The van der Waals surface area contributed by atoms with Gasteiger partial charge in [-0.05, 0) is 42.3 Å². The van der Waals surface area contributed by atoms with Crippen LogP contribution in [0.5, 0.6) is 11.5 Å². The number of nitrogens with zero attached hydrogens (tertiary/aromatic N) is 1. The third-order valence-corrected chi connectivity index (χ3v) is 4.27. The molecule has 0 saturated carbocycles. The van der Waals surface area contributed by atoms with Gasteiger partial charge in [-0.15, -0.1) is 0 Å². The number of amides is 1. The summed E-state index contributed by atoms with van der Waals surface area (Å²) in [7, 11) is 3.15. The topological polar surface area (TPSA) is 38.8 Å². The second-order valence-electron chi connectivity index (χ2n) is 5.08. The van der Waals surface area contributed by atoms with Gasteiger partial charge in [0.25, 0.3) is 5.91 Å². The molecule has 0 bridgehead atoms. The normalized spacial score (nSPS) is 13.0. The molecule has 0 spiro atoms. The van der Waals surface area contributed by atoms with Crippen LogP contribution >= 0.6 is 15.9 Å². The van der Waals surface area contributed by atoms with E-state index in [0.717, 1.165) is 16.6 Å². The molecule has 1 heterocycles. The Balaban J connectivity index is 1.96. The van der Waals surface area contributed by atoms with Crippen LogP contribution in [0.4, 0.5) is 5.69 Å². The molecular formula is C17H16BrNO3. The van der Waals surface area contributed by atoms with E-state index < -0.39 is 0 Å². The van der Waals surface area contributed by atoms with E-state index in [1.807, 2.05) is 12.1 Å². The first kappa shape index (κ1) is 14.9. The van der Waals surface area contributed by atoms with Crippen LogP contribution in [0.15, 0.2) is 40.9 Å². The van der Waals surface area contributed by atoms with Crippen LogP contribution in [0.3, 0.4) is 0 Å². The Morgan fingerprint density at radius 1 is 1.09 bits per heavy atom. The van der Waals surface area contributed by atoms with Gasteiger partial charge in [0, 0.05) is 28.3 Å². The minimum atomic E-state index is -0.0433. The standard InChI is InChI=1S/C17H16BrNO3/c1-21-14-8-12(9-15(10-14)22-2)17(20)19-6-5-11-7-13(18)3-4-16(11)19/h3-4,7-10H,5-6H2,1-2H3.